The molecular formula is C26H29F2N5O2. The van der Waals surface area contributed by atoms with Crippen molar-refractivity contribution in [2.75, 3.05) is 10.6 Å². The molecule has 2 aliphatic carbocycles. The van der Waals surface area contributed by atoms with Crippen LogP contribution < -0.4 is 10.6 Å². The zero-order valence-corrected chi connectivity index (χ0v) is 19.7. The van der Waals surface area contributed by atoms with Crippen LogP contribution in [-0.4, -0.2) is 32.9 Å². The van der Waals surface area contributed by atoms with Gasteiger partial charge >= 0.3 is 5.97 Å². The van der Waals surface area contributed by atoms with E-state index in [1.165, 1.54) is 18.2 Å². The number of para-hydroxylation sites is 1. The van der Waals surface area contributed by atoms with E-state index in [9.17, 15) is 13.6 Å². The van der Waals surface area contributed by atoms with Crippen molar-refractivity contribution in [2.24, 2.45) is 16.8 Å². The monoisotopic (exact) mass is 481 g/mol. The van der Waals surface area contributed by atoms with Gasteiger partial charge in [0.2, 0.25) is 5.95 Å². The molecule has 35 heavy (non-hydrogen) atoms. The van der Waals surface area contributed by atoms with Gasteiger partial charge in [-0.05, 0) is 63.5 Å². The van der Waals surface area contributed by atoms with E-state index in [4.69, 9.17) is 5.11 Å². The van der Waals surface area contributed by atoms with Crippen LogP contribution in [0.15, 0.2) is 29.4 Å². The first-order valence-electron chi connectivity index (χ1n) is 12.0. The number of hydrogen-bond acceptors (Lipinski definition) is 5. The van der Waals surface area contributed by atoms with Crippen molar-refractivity contribution in [3.05, 3.63) is 41.7 Å². The van der Waals surface area contributed by atoms with Gasteiger partial charge in [-0.25, -0.2) is 23.7 Å². The van der Waals surface area contributed by atoms with Crippen molar-refractivity contribution in [1.29, 1.82) is 0 Å². The first kappa shape index (κ1) is 24.6. The molecule has 7 nitrogen and oxygen atoms in total. The Morgan fingerprint density at radius 1 is 1.11 bits per heavy atom. The van der Waals surface area contributed by atoms with Crippen LogP contribution in [0.25, 0.3) is 0 Å². The minimum Gasteiger partial charge on any atom is -0.481 e. The Balaban J connectivity index is 1.52. The third-order valence-electron chi connectivity index (χ3n) is 6.55. The first-order valence-corrected chi connectivity index (χ1v) is 12.0. The van der Waals surface area contributed by atoms with Crippen LogP contribution in [-0.2, 0) is 4.79 Å². The number of aryl methyl sites for hydroxylation is 1. The Morgan fingerprint density at radius 2 is 1.80 bits per heavy atom. The Labute approximate surface area is 203 Å². The molecule has 2 saturated carbocycles. The number of anilines is 2. The van der Waals surface area contributed by atoms with E-state index in [1.54, 1.807) is 13.1 Å². The highest BCUT2D eigenvalue weighted by atomic mass is 19.1. The lowest BCUT2D eigenvalue weighted by molar-refractivity contribution is -0.142. The summed E-state index contributed by atoms with van der Waals surface area (Å²) in [7, 11) is 0. The minimum absolute atomic E-state index is 0.109. The molecular weight excluding hydrogens is 452 g/mol. The molecule has 0 unspecified atom stereocenters. The standard InChI is InChI=1S/C26H29F2N5O2/c1-16-22(15-29-26(30-16)31-19-12-10-18(11-13-19)25(34)35)32-23(14-9-17-5-2-3-6-17)33-24-20(27)7-4-8-21(24)28/h4,7-8,15,17-19H,2-3,5-6,10-13H2,1H3,(H,32,33)(H,34,35)(H,29,30,31)/t18-,19-. The Morgan fingerprint density at radius 3 is 2.43 bits per heavy atom. The number of carbonyl (C=O) groups is 1. The third kappa shape index (κ3) is 6.53. The second-order valence-electron chi connectivity index (χ2n) is 9.13. The molecule has 184 valence electrons. The van der Waals surface area contributed by atoms with Gasteiger partial charge in [0.1, 0.15) is 23.0 Å². The van der Waals surface area contributed by atoms with Crippen LogP contribution in [0.5, 0.6) is 0 Å². The van der Waals surface area contributed by atoms with Crippen LogP contribution in [0, 0.1) is 42.2 Å². The van der Waals surface area contributed by atoms with Crippen molar-refractivity contribution >= 4 is 29.1 Å². The van der Waals surface area contributed by atoms with Gasteiger partial charge in [-0.2, -0.15) is 0 Å². The van der Waals surface area contributed by atoms with Crippen LogP contribution in [0.3, 0.4) is 0 Å². The summed E-state index contributed by atoms with van der Waals surface area (Å²) in [4.78, 5) is 24.5. The molecule has 0 aliphatic heterocycles. The van der Waals surface area contributed by atoms with Crippen molar-refractivity contribution in [1.82, 2.24) is 9.97 Å². The maximum Gasteiger partial charge on any atom is 0.306 e. The lowest BCUT2D eigenvalue weighted by Crippen LogP contribution is -2.29. The van der Waals surface area contributed by atoms with Gasteiger partial charge in [0.15, 0.2) is 5.84 Å². The van der Waals surface area contributed by atoms with E-state index < -0.39 is 17.6 Å². The van der Waals surface area contributed by atoms with Crippen molar-refractivity contribution in [3.8, 4) is 11.8 Å². The minimum atomic E-state index is -0.742. The molecule has 2 aromatic rings. The molecule has 0 saturated heterocycles. The molecule has 1 aromatic heterocycles. The van der Waals surface area contributed by atoms with Crippen LogP contribution >= 0.6 is 0 Å². The topological polar surface area (TPSA) is 99.5 Å². The molecule has 4 rings (SSSR count). The molecule has 0 amide bonds. The number of aliphatic imine (C=N–C) groups is 1. The van der Waals surface area contributed by atoms with Crippen molar-refractivity contribution in [2.45, 2.75) is 64.3 Å². The Bertz CT molecular complexity index is 1140. The highest BCUT2D eigenvalue weighted by Crippen LogP contribution is 2.27. The average Bonchev–Trinajstić information content (AvgIpc) is 3.35. The number of rotatable bonds is 5. The van der Waals surface area contributed by atoms with E-state index in [-0.39, 0.29) is 29.4 Å². The van der Waals surface area contributed by atoms with Gasteiger partial charge in [-0.15, -0.1) is 0 Å². The fraction of sp³-hybridized carbons (Fsp3) is 0.462. The van der Waals surface area contributed by atoms with Crippen molar-refractivity contribution < 1.29 is 18.7 Å². The zero-order valence-electron chi connectivity index (χ0n) is 19.7. The summed E-state index contributed by atoms with van der Waals surface area (Å²) in [5, 5.41) is 15.2. The molecule has 9 heteroatoms. The molecule has 0 atom stereocenters. The molecule has 3 N–H and O–H groups in total. The highest BCUT2D eigenvalue weighted by Gasteiger charge is 2.26. The maximum absolute atomic E-state index is 14.2. The predicted molar refractivity (Wildman–Crippen MR) is 131 cm³/mol. The number of halogens is 2. The number of benzene rings is 1. The van der Waals surface area contributed by atoms with Gasteiger partial charge in [0.25, 0.3) is 0 Å². The molecule has 1 heterocycles. The second kappa shape index (κ2) is 11.3. The normalized spacial score (nSPS) is 20.7. The summed E-state index contributed by atoms with van der Waals surface area (Å²) >= 11 is 0. The Hall–Kier alpha value is -3.54. The Kier molecular flexibility index (Phi) is 7.91. The predicted octanol–water partition coefficient (Wildman–Crippen LogP) is 5.45. The number of aromatic nitrogens is 2. The molecule has 0 spiro atoms. The van der Waals surface area contributed by atoms with Crippen LogP contribution in [0.2, 0.25) is 0 Å². The van der Waals surface area contributed by atoms with Crippen LogP contribution in [0.4, 0.5) is 26.1 Å². The third-order valence-corrected chi connectivity index (χ3v) is 6.55. The first-order chi connectivity index (χ1) is 16.9. The highest BCUT2D eigenvalue weighted by molar-refractivity contribution is 6.09. The zero-order chi connectivity index (χ0) is 24.8. The summed E-state index contributed by atoms with van der Waals surface area (Å²) < 4.78 is 28.5. The van der Waals surface area contributed by atoms with Gasteiger partial charge < -0.3 is 15.7 Å². The molecule has 2 fully saturated rings. The number of carboxylic acids is 1. The fourth-order valence-electron chi connectivity index (χ4n) is 4.49. The smallest absolute Gasteiger partial charge is 0.306 e. The number of amidine groups is 1. The van der Waals surface area contributed by atoms with E-state index in [1.807, 2.05) is 0 Å². The lowest BCUT2D eigenvalue weighted by Gasteiger charge is -2.26. The molecule has 2 aliphatic rings. The number of carboxylic acid groups (broad SMARTS) is 1. The second-order valence-corrected chi connectivity index (χ2v) is 9.13. The summed E-state index contributed by atoms with van der Waals surface area (Å²) in [6.07, 6.45) is 8.52. The van der Waals surface area contributed by atoms with E-state index in [2.05, 4.69) is 37.4 Å². The van der Waals surface area contributed by atoms with E-state index >= 15 is 0 Å². The van der Waals surface area contributed by atoms with Crippen molar-refractivity contribution in [3.63, 3.8) is 0 Å². The number of aliphatic carboxylic acids is 1. The quantitative estimate of drug-likeness (QED) is 0.298. The number of nitrogens with one attached hydrogen (secondary N) is 2. The summed E-state index contributed by atoms with van der Waals surface area (Å²) in [5.41, 5.74) is 0.712. The summed E-state index contributed by atoms with van der Waals surface area (Å²) in [6, 6.07) is 3.76. The van der Waals surface area contributed by atoms with Gasteiger partial charge in [0.05, 0.1) is 17.8 Å². The fourth-order valence-corrected chi connectivity index (χ4v) is 4.49. The number of hydrogen-bond donors (Lipinski definition) is 3. The molecule has 0 bridgehead atoms. The van der Waals surface area contributed by atoms with Gasteiger partial charge in [0, 0.05) is 12.0 Å². The van der Waals surface area contributed by atoms with Crippen LogP contribution in [0.1, 0.15) is 57.1 Å². The summed E-state index contributed by atoms with van der Waals surface area (Å²) in [5.74, 6) is 4.46. The maximum atomic E-state index is 14.2. The SMILES string of the molecule is Cc1nc(N[C@H]2CC[C@H](C(=O)O)CC2)ncc1/N=C(\C#CC1CCCC1)Nc1c(F)cccc1F. The van der Waals surface area contributed by atoms with E-state index in [0.29, 0.717) is 30.2 Å². The lowest BCUT2D eigenvalue weighted by atomic mass is 9.86. The average molecular weight is 482 g/mol. The van der Waals surface area contributed by atoms with Gasteiger partial charge in [-0.3, -0.25) is 4.79 Å². The largest absolute Gasteiger partial charge is 0.481 e. The molecule has 0 radical (unpaired) electrons. The molecule has 1 aromatic carbocycles. The summed E-state index contributed by atoms with van der Waals surface area (Å²) in [6.45, 7) is 1.78. The number of nitrogens with zero attached hydrogens (tertiary/aromatic N) is 3. The van der Waals surface area contributed by atoms with E-state index in [0.717, 1.165) is 38.5 Å². The van der Waals surface area contributed by atoms with Gasteiger partial charge in [-0.1, -0.05) is 24.8 Å².